The summed E-state index contributed by atoms with van der Waals surface area (Å²) in [6.07, 6.45) is 1.11. The summed E-state index contributed by atoms with van der Waals surface area (Å²) in [6, 6.07) is 4.58. The van der Waals surface area contributed by atoms with Crippen LogP contribution in [0.3, 0.4) is 0 Å². The highest BCUT2D eigenvalue weighted by Gasteiger charge is 2.25. The fraction of sp³-hybridized carbons (Fsp3) is 0.500. The van der Waals surface area contributed by atoms with Gasteiger partial charge < -0.3 is 15.0 Å². The minimum absolute atomic E-state index is 0.179. The molecule has 0 atom stereocenters. The van der Waals surface area contributed by atoms with E-state index in [1.54, 1.807) is 23.1 Å². The van der Waals surface area contributed by atoms with E-state index in [0.717, 1.165) is 0 Å². The number of anilines is 1. The van der Waals surface area contributed by atoms with Gasteiger partial charge in [-0.2, -0.15) is 13.1 Å². The first-order valence-corrected chi connectivity index (χ1v) is 9.31. The number of piperidine rings is 1. The number of methoxy groups -OCH3 is 1. The Kier molecular flexibility index (Phi) is 6.27. The number of likely N-dealkylation sites (tertiary alicyclic amines) is 1. The first-order valence-electron chi connectivity index (χ1n) is 7.45. The second kappa shape index (κ2) is 8.02. The van der Waals surface area contributed by atoms with Gasteiger partial charge in [-0.05, 0) is 31.0 Å². The Bertz CT molecular complexity index is 690. The first kappa shape index (κ1) is 18.8. The third-order valence-corrected chi connectivity index (χ3v) is 5.25. The molecule has 8 nitrogen and oxygen atoms in total. The van der Waals surface area contributed by atoms with Crippen LogP contribution in [0.25, 0.3) is 0 Å². The van der Waals surface area contributed by atoms with Crippen molar-refractivity contribution < 1.29 is 17.9 Å². The summed E-state index contributed by atoms with van der Waals surface area (Å²) in [5.41, 5.74) is 0.573. The summed E-state index contributed by atoms with van der Waals surface area (Å²) in [6.45, 7) is 0.930. The van der Waals surface area contributed by atoms with Crippen LogP contribution in [0.1, 0.15) is 12.8 Å². The Morgan fingerprint density at radius 3 is 2.54 bits per heavy atom. The number of rotatable bonds is 5. The molecule has 134 valence electrons. The number of nitrogens with zero attached hydrogens (tertiary/aromatic N) is 1. The average Bonchev–Trinajstić information content (AvgIpc) is 2.55. The van der Waals surface area contributed by atoms with Crippen molar-refractivity contribution >= 4 is 33.5 Å². The number of hydrogen-bond donors (Lipinski definition) is 3. The van der Waals surface area contributed by atoms with E-state index in [4.69, 9.17) is 16.3 Å². The molecule has 0 radical (unpaired) electrons. The van der Waals surface area contributed by atoms with Gasteiger partial charge in [-0.3, -0.25) is 0 Å². The summed E-state index contributed by atoms with van der Waals surface area (Å²) in [5, 5.41) is 3.19. The molecule has 24 heavy (non-hydrogen) atoms. The van der Waals surface area contributed by atoms with Crippen molar-refractivity contribution in [1.29, 1.82) is 0 Å². The van der Waals surface area contributed by atoms with Crippen LogP contribution in [-0.4, -0.2) is 52.6 Å². The quantitative estimate of drug-likeness (QED) is 0.723. The molecule has 0 bridgehead atoms. The van der Waals surface area contributed by atoms with E-state index in [2.05, 4.69) is 14.8 Å². The highest BCUT2D eigenvalue weighted by molar-refractivity contribution is 7.87. The van der Waals surface area contributed by atoms with Crippen LogP contribution in [0, 0.1) is 0 Å². The zero-order chi connectivity index (χ0) is 17.7. The third kappa shape index (κ3) is 4.97. The van der Waals surface area contributed by atoms with Crippen molar-refractivity contribution in [3.8, 4) is 5.75 Å². The Morgan fingerprint density at radius 1 is 1.33 bits per heavy atom. The van der Waals surface area contributed by atoms with Crippen LogP contribution in [0.2, 0.25) is 5.02 Å². The maximum Gasteiger partial charge on any atom is 0.321 e. The molecule has 0 aliphatic carbocycles. The van der Waals surface area contributed by atoms with Crippen LogP contribution in [0.4, 0.5) is 10.5 Å². The monoisotopic (exact) mass is 376 g/mol. The molecular formula is C14H21ClN4O4S. The Balaban J connectivity index is 1.88. The summed E-state index contributed by atoms with van der Waals surface area (Å²) in [5.74, 6) is 0.535. The molecule has 0 unspecified atom stereocenters. The van der Waals surface area contributed by atoms with Crippen molar-refractivity contribution in [2.75, 3.05) is 32.6 Å². The fourth-order valence-electron chi connectivity index (χ4n) is 2.43. The number of carbonyl (C=O) groups is 1. The number of carbonyl (C=O) groups excluding carboxylic acids is 1. The number of nitrogens with one attached hydrogen (secondary N) is 3. The highest BCUT2D eigenvalue weighted by atomic mass is 35.5. The van der Waals surface area contributed by atoms with E-state index in [1.807, 2.05) is 0 Å². The SMILES string of the molecule is CNS(=O)(=O)NC1CCN(C(=O)Nc2ccc(OC)c(Cl)c2)CC1. The predicted molar refractivity (Wildman–Crippen MR) is 92.7 cm³/mol. The normalized spacial score (nSPS) is 16.0. The zero-order valence-corrected chi connectivity index (χ0v) is 15.1. The van der Waals surface area contributed by atoms with Gasteiger partial charge >= 0.3 is 6.03 Å². The molecule has 10 heteroatoms. The lowest BCUT2D eigenvalue weighted by molar-refractivity contribution is 0.193. The molecule has 1 fully saturated rings. The molecular weight excluding hydrogens is 356 g/mol. The predicted octanol–water partition coefficient (Wildman–Crippen LogP) is 1.40. The molecule has 0 spiro atoms. The number of halogens is 1. The Labute approximate surface area is 146 Å². The minimum Gasteiger partial charge on any atom is -0.495 e. The van der Waals surface area contributed by atoms with Crippen LogP contribution in [0.5, 0.6) is 5.75 Å². The molecule has 0 aromatic heterocycles. The highest BCUT2D eigenvalue weighted by Crippen LogP contribution is 2.27. The van der Waals surface area contributed by atoms with E-state index in [1.165, 1.54) is 14.2 Å². The van der Waals surface area contributed by atoms with E-state index < -0.39 is 10.2 Å². The van der Waals surface area contributed by atoms with Crippen molar-refractivity contribution in [2.45, 2.75) is 18.9 Å². The molecule has 1 aromatic rings. The number of amides is 2. The van der Waals surface area contributed by atoms with Gasteiger partial charge in [0.25, 0.3) is 10.2 Å². The van der Waals surface area contributed by atoms with Crippen molar-refractivity contribution in [2.24, 2.45) is 0 Å². The maximum atomic E-state index is 12.3. The number of ether oxygens (including phenoxy) is 1. The molecule has 2 rings (SSSR count). The standard InChI is InChI=1S/C14H21ClN4O4S/c1-16-24(21,22)18-10-5-7-19(8-6-10)14(20)17-11-3-4-13(23-2)12(15)9-11/h3-4,9-10,16,18H,5-8H2,1-2H3,(H,17,20). The van der Waals surface area contributed by atoms with Crippen molar-refractivity contribution in [3.05, 3.63) is 23.2 Å². The van der Waals surface area contributed by atoms with Gasteiger partial charge in [0.05, 0.1) is 12.1 Å². The smallest absolute Gasteiger partial charge is 0.321 e. The summed E-state index contributed by atoms with van der Waals surface area (Å²) in [7, 11) is -0.591. The second-order valence-corrected chi connectivity index (χ2v) is 7.42. The lowest BCUT2D eigenvalue weighted by Crippen LogP contribution is -2.49. The molecule has 1 heterocycles. The van der Waals surface area contributed by atoms with E-state index in [-0.39, 0.29) is 12.1 Å². The molecule has 2 amide bonds. The average molecular weight is 377 g/mol. The van der Waals surface area contributed by atoms with Gasteiger partial charge in [-0.15, -0.1) is 0 Å². The largest absolute Gasteiger partial charge is 0.495 e. The topological polar surface area (TPSA) is 99.8 Å². The van der Waals surface area contributed by atoms with E-state index in [9.17, 15) is 13.2 Å². The lowest BCUT2D eigenvalue weighted by atomic mass is 10.1. The molecule has 1 aliphatic heterocycles. The van der Waals surface area contributed by atoms with Gasteiger partial charge in [0, 0.05) is 31.9 Å². The van der Waals surface area contributed by atoms with Gasteiger partial charge in [-0.25, -0.2) is 9.52 Å². The van der Waals surface area contributed by atoms with E-state index >= 15 is 0 Å². The minimum atomic E-state index is -3.46. The summed E-state index contributed by atoms with van der Waals surface area (Å²) >= 11 is 6.03. The van der Waals surface area contributed by atoms with Crippen LogP contribution >= 0.6 is 11.6 Å². The van der Waals surface area contributed by atoms with Gasteiger partial charge in [0.2, 0.25) is 0 Å². The number of benzene rings is 1. The van der Waals surface area contributed by atoms with Crippen LogP contribution in [-0.2, 0) is 10.2 Å². The molecule has 0 saturated carbocycles. The van der Waals surface area contributed by atoms with Crippen LogP contribution < -0.4 is 19.5 Å². The summed E-state index contributed by atoms with van der Waals surface area (Å²) < 4.78 is 32.8. The Hall–Kier alpha value is -1.55. The lowest BCUT2D eigenvalue weighted by Gasteiger charge is -2.32. The second-order valence-electron chi connectivity index (χ2n) is 5.37. The first-order chi connectivity index (χ1) is 11.3. The van der Waals surface area contributed by atoms with E-state index in [0.29, 0.717) is 42.4 Å². The molecule has 1 aromatic carbocycles. The molecule has 1 saturated heterocycles. The zero-order valence-electron chi connectivity index (χ0n) is 13.5. The van der Waals surface area contributed by atoms with Gasteiger partial charge in [0.15, 0.2) is 0 Å². The number of hydrogen-bond acceptors (Lipinski definition) is 4. The molecule has 1 aliphatic rings. The van der Waals surface area contributed by atoms with Crippen molar-refractivity contribution in [3.63, 3.8) is 0 Å². The van der Waals surface area contributed by atoms with Gasteiger partial charge in [-0.1, -0.05) is 11.6 Å². The Morgan fingerprint density at radius 2 is 2.00 bits per heavy atom. The van der Waals surface area contributed by atoms with Crippen LogP contribution in [0.15, 0.2) is 18.2 Å². The number of urea groups is 1. The maximum absolute atomic E-state index is 12.3. The summed E-state index contributed by atoms with van der Waals surface area (Å²) in [4.78, 5) is 13.9. The molecule has 3 N–H and O–H groups in total. The fourth-order valence-corrected chi connectivity index (χ4v) is 3.48. The van der Waals surface area contributed by atoms with Gasteiger partial charge in [0.1, 0.15) is 5.75 Å². The third-order valence-electron chi connectivity index (χ3n) is 3.78. The van der Waals surface area contributed by atoms with Crippen molar-refractivity contribution in [1.82, 2.24) is 14.3 Å².